The van der Waals surface area contributed by atoms with Gasteiger partial charge in [-0.3, -0.25) is 0 Å². The monoisotopic (exact) mass is 265 g/mol. The van der Waals surface area contributed by atoms with E-state index >= 15 is 0 Å². The fourth-order valence-corrected chi connectivity index (χ4v) is 2.14. The molecule has 1 heterocycles. The Bertz CT molecular complexity index is 411. The first kappa shape index (κ1) is 10.7. The molecule has 0 spiro atoms. The molecule has 0 radical (unpaired) electrons. The van der Waals surface area contributed by atoms with E-state index in [-0.39, 0.29) is 12.0 Å². The number of nitriles is 1. The van der Waals surface area contributed by atoms with Crippen molar-refractivity contribution in [3.8, 4) is 6.07 Å². The van der Waals surface area contributed by atoms with E-state index in [1.54, 1.807) is 0 Å². The average Bonchev–Trinajstić information content (AvgIpc) is 2.70. The molecule has 1 aromatic rings. The third-order valence-corrected chi connectivity index (χ3v) is 3.66. The summed E-state index contributed by atoms with van der Waals surface area (Å²) < 4.78 is 6.69. The Morgan fingerprint density at radius 3 is 3.00 bits per heavy atom. The Hall–Kier alpha value is -0.850. The summed E-state index contributed by atoms with van der Waals surface area (Å²) in [6.07, 6.45) is 0.804. The van der Waals surface area contributed by atoms with Crippen molar-refractivity contribution in [2.75, 3.05) is 6.61 Å². The van der Waals surface area contributed by atoms with Gasteiger partial charge in [-0.05, 0) is 30.5 Å². The molecule has 1 fully saturated rings. The molecule has 0 aliphatic carbocycles. The minimum atomic E-state index is -0.0400. The van der Waals surface area contributed by atoms with Crippen molar-refractivity contribution < 1.29 is 4.74 Å². The number of halogens is 1. The summed E-state index contributed by atoms with van der Waals surface area (Å²) >= 11 is 3.46. The van der Waals surface area contributed by atoms with E-state index in [1.165, 1.54) is 5.56 Å². The Morgan fingerprint density at radius 1 is 1.53 bits per heavy atom. The number of ether oxygens (including phenoxy) is 1. The van der Waals surface area contributed by atoms with E-state index in [4.69, 9.17) is 10.00 Å². The molecule has 2 unspecified atom stereocenters. The zero-order valence-electron chi connectivity index (χ0n) is 8.53. The van der Waals surface area contributed by atoms with Gasteiger partial charge in [0.1, 0.15) is 0 Å². The van der Waals surface area contributed by atoms with Gasteiger partial charge in [0.25, 0.3) is 0 Å². The van der Waals surface area contributed by atoms with Gasteiger partial charge in [0.15, 0.2) is 0 Å². The molecule has 3 heteroatoms. The molecule has 0 saturated carbocycles. The van der Waals surface area contributed by atoms with Crippen LogP contribution < -0.4 is 0 Å². The first-order valence-corrected chi connectivity index (χ1v) is 5.79. The molecule has 0 amide bonds. The molecule has 2 nitrogen and oxygen atoms in total. The molecule has 2 atom stereocenters. The number of hydrogen-bond acceptors (Lipinski definition) is 2. The topological polar surface area (TPSA) is 33.0 Å². The van der Waals surface area contributed by atoms with Gasteiger partial charge in [-0.2, -0.15) is 5.26 Å². The highest BCUT2D eigenvalue weighted by Gasteiger charge is 2.29. The Balaban J connectivity index is 2.30. The van der Waals surface area contributed by atoms with Crippen LogP contribution in [0.2, 0.25) is 0 Å². The summed E-state index contributed by atoms with van der Waals surface area (Å²) in [5.41, 5.74) is 2.29. The standard InChI is InChI=1S/C12H12BrNO/c1-8-6-9(2-3-11(8)13)12-10(7-14)4-5-15-12/h2-3,6,10,12H,4-5H2,1H3. The highest BCUT2D eigenvalue weighted by Crippen LogP contribution is 2.35. The van der Waals surface area contributed by atoms with Crippen LogP contribution in [0.4, 0.5) is 0 Å². The SMILES string of the molecule is Cc1cc(C2OCCC2C#N)ccc1Br. The largest absolute Gasteiger partial charge is 0.372 e. The maximum Gasteiger partial charge on any atom is 0.0983 e. The van der Waals surface area contributed by atoms with Crippen LogP contribution in [0, 0.1) is 24.2 Å². The van der Waals surface area contributed by atoms with Gasteiger partial charge in [-0.25, -0.2) is 0 Å². The van der Waals surface area contributed by atoms with Crippen LogP contribution in [0.5, 0.6) is 0 Å². The summed E-state index contributed by atoms with van der Waals surface area (Å²) in [5, 5.41) is 8.98. The maximum absolute atomic E-state index is 8.98. The van der Waals surface area contributed by atoms with Crippen molar-refractivity contribution in [1.82, 2.24) is 0 Å². The molecular formula is C12H12BrNO. The predicted octanol–water partition coefficient (Wildman–Crippen LogP) is 3.36. The zero-order chi connectivity index (χ0) is 10.8. The van der Waals surface area contributed by atoms with Crippen LogP contribution in [0.15, 0.2) is 22.7 Å². The number of benzene rings is 1. The Labute approximate surface area is 98.0 Å². The van der Waals surface area contributed by atoms with E-state index in [0.29, 0.717) is 6.61 Å². The van der Waals surface area contributed by atoms with E-state index in [0.717, 1.165) is 16.5 Å². The fourth-order valence-electron chi connectivity index (χ4n) is 1.90. The third kappa shape index (κ3) is 2.06. The second-order valence-electron chi connectivity index (χ2n) is 3.82. The summed E-state index contributed by atoms with van der Waals surface area (Å²) in [5.74, 6) is 0.00516. The molecule has 1 saturated heterocycles. The lowest BCUT2D eigenvalue weighted by Crippen LogP contribution is -2.05. The van der Waals surface area contributed by atoms with Gasteiger partial charge in [0, 0.05) is 11.1 Å². The lowest BCUT2D eigenvalue weighted by molar-refractivity contribution is 0.101. The summed E-state index contributed by atoms with van der Waals surface area (Å²) in [7, 11) is 0. The van der Waals surface area contributed by atoms with Gasteiger partial charge < -0.3 is 4.74 Å². The highest BCUT2D eigenvalue weighted by atomic mass is 79.9. The lowest BCUT2D eigenvalue weighted by Gasteiger charge is -2.14. The fraction of sp³-hybridized carbons (Fsp3) is 0.417. The second kappa shape index (κ2) is 4.34. The van der Waals surface area contributed by atoms with Crippen LogP contribution >= 0.6 is 15.9 Å². The highest BCUT2D eigenvalue weighted by molar-refractivity contribution is 9.10. The molecule has 0 aromatic heterocycles. The van der Waals surface area contributed by atoms with Crippen molar-refractivity contribution in [3.63, 3.8) is 0 Å². The second-order valence-corrected chi connectivity index (χ2v) is 4.68. The number of aryl methyl sites for hydroxylation is 1. The molecule has 1 aliphatic heterocycles. The van der Waals surface area contributed by atoms with Crippen molar-refractivity contribution >= 4 is 15.9 Å². The van der Waals surface area contributed by atoms with Gasteiger partial charge in [0.2, 0.25) is 0 Å². The van der Waals surface area contributed by atoms with Crippen LogP contribution in [-0.4, -0.2) is 6.61 Å². The van der Waals surface area contributed by atoms with Gasteiger partial charge >= 0.3 is 0 Å². The predicted molar refractivity (Wildman–Crippen MR) is 61.3 cm³/mol. The normalized spacial score (nSPS) is 25.1. The third-order valence-electron chi connectivity index (χ3n) is 2.77. The average molecular weight is 266 g/mol. The first-order chi connectivity index (χ1) is 7.22. The molecule has 15 heavy (non-hydrogen) atoms. The number of hydrogen-bond donors (Lipinski definition) is 0. The Kier molecular flexibility index (Phi) is 3.08. The van der Waals surface area contributed by atoms with Crippen LogP contribution in [0.1, 0.15) is 23.7 Å². The van der Waals surface area contributed by atoms with Gasteiger partial charge in [0.05, 0.1) is 18.1 Å². The van der Waals surface area contributed by atoms with Crippen LogP contribution in [0.25, 0.3) is 0 Å². The smallest absolute Gasteiger partial charge is 0.0983 e. The molecule has 78 valence electrons. The van der Waals surface area contributed by atoms with E-state index in [1.807, 2.05) is 19.1 Å². The van der Waals surface area contributed by atoms with E-state index < -0.39 is 0 Å². The van der Waals surface area contributed by atoms with Gasteiger partial charge in [-0.15, -0.1) is 0 Å². The summed E-state index contributed by atoms with van der Waals surface area (Å²) in [6, 6.07) is 8.44. The molecule has 0 bridgehead atoms. The number of nitrogens with zero attached hydrogens (tertiary/aromatic N) is 1. The zero-order valence-corrected chi connectivity index (χ0v) is 10.1. The minimum Gasteiger partial charge on any atom is -0.372 e. The minimum absolute atomic E-state index is 0.00516. The maximum atomic E-state index is 8.98. The van der Waals surface area contributed by atoms with Crippen molar-refractivity contribution in [3.05, 3.63) is 33.8 Å². The van der Waals surface area contributed by atoms with Crippen molar-refractivity contribution in [1.29, 1.82) is 5.26 Å². The van der Waals surface area contributed by atoms with E-state index in [2.05, 4.69) is 28.1 Å². The first-order valence-electron chi connectivity index (χ1n) is 4.99. The molecule has 1 aliphatic rings. The number of rotatable bonds is 1. The molecular weight excluding hydrogens is 254 g/mol. The Morgan fingerprint density at radius 2 is 2.33 bits per heavy atom. The van der Waals surface area contributed by atoms with E-state index in [9.17, 15) is 0 Å². The summed E-state index contributed by atoms with van der Waals surface area (Å²) in [4.78, 5) is 0. The molecule has 1 aromatic carbocycles. The van der Waals surface area contributed by atoms with Gasteiger partial charge in [-0.1, -0.05) is 28.1 Å². The lowest BCUT2D eigenvalue weighted by atomic mass is 9.96. The van der Waals surface area contributed by atoms with Crippen molar-refractivity contribution in [2.24, 2.45) is 5.92 Å². The van der Waals surface area contributed by atoms with Crippen LogP contribution in [-0.2, 0) is 4.74 Å². The van der Waals surface area contributed by atoms with Crippen LogP contribution in [0.3, 0.4) is 0 Å². The molecule has 0 N–H and O–H groups in total. The van der Waals surface area contributed by atoms with Crippen molar-refractivity contribution in [2.45, 2.75) is 19.4 Å². The summed E-state index contributed by atoms with van der Waals surface area (Å²) in [6.45, 7) is 2.74. The quantitative estimate of drug-likeness (QED) is 0.780. The molecule has 2 rings (SSSR count).